The lowest BCUT2D eigenvalue weighted by molar-refractivity contribution is -0.117. The highest BCUT2D eigenvalue weighted by Gasteiger charge is 2.25. The fourth-order valence-electron chi connectivity index (χ4n) is 3.74. The molecule has 1 amide bonds. The van der Waals surface area contributed by atoms with Crippen molar-refractivity contribution in [3.8, 4) is 0 Å². The maximum absolute atomic E-state index is 12.4. The van der Waals surface area contributed by atoms with Crippen molar-refractivity contribution in [2.75, 3.05) is 31.2 Å². The van der Waals surface area contributed by atoms with Crippen LogP contribution >= 0.6 is 11.8 Å². The fourth-order valence-corrected chi connectivity index (χ4v) is 4.20. The zero-order valence-electron chi connectivity index (χ0n) is 16.3. The van der Waals surface area contributed by atoms with E-state index in [1.54, 1.807) is 11.8 Å². The van der Waals surface area contributed by atoms with E-state index in [4.69, 9.17) is 0 Å². The molecule has 2 aromatic heterocycles. The number of aryl methyl sites for hydroxylation is 1. The number of aromatic nitrogens is 3. The minimum absolute atomic E-state index is 0.0418. The molecule has 3 aromatic rings. The number of piperidine rings is 1. The van der Waals surface area contributed by atoms with Gasteiger partial charge in [0.1, 0.15) is 5.82 Å². The number of thioether (sulfide) groups is 1. The summed E-state index contributed by atoms with van der Waals surface area (Å²) < 4.78 is 2.10. The Kier molecular flexibility index (Phi) is 5.64. The van der Waals surface area contributed by atoms with Crippen molar-refractivity contribution in [1.82, 2.24) is 19.5 Å². The van der Waals surface area contributed by atoms with Crippen molar-refractivity contribution in [2.45, 2.75) is 30.6 Å². The molecule has 0 saturated carbocycles. The summed E-state index contributed by atoms with van der Waals surface area (Å²) in [5, 5.41) is 11.8. The predicted octanol–water partition coefficient (Wildman–Crippen LogP) is 3.58. The van der Waals surface area contributed by atoms with Gasteiger partial charge in [-0.15, -0.1) is 22.0 Å². The first-order chi connectivity index (χ1) is 13.6. The SMILES string of the molecule is CSc1cccc(NC(=O)CN2CCC(c3nnc4cc(C)ccn34)CC2)c1. The number of anilines is 1. The Labute approximate surface area is 169 Å². The third-order valence-corrected chi connectivity index (χ3v) is 5.99. The molecule has 3 heterocycles. The third-order valence-electron chi connectivity index (χ3n) is 5.27. The van der Waals surface area contributed by atoms with Gasteiger partial charge in [0.25, 0.3) is 0 Å². The second kappa shape index (κ2) is 8.32. The van der Waals surface area contributed by atoms with Gasteiger partial charge in [-0.1, -0.05) is 6.07 Å². The van der Waals surface area contributed by atoms with E-state index in [0.29, 0.717) is 12.5 Å². The quantitative estimate of drug-likeness (QED) is 0.669. The van der Waals surface area contributed by atoms with Gasteiger partial charge in [0.2, 0.25) is 5.91 Å². The molecule has 1 saturated heterocycles. The molecule has 0 aliphatic carbocycles. The Morgan fingerprint density at radius 1 is 1.21 bits per heavy atom. The van der Waals surface area contributed by atoms with E-state index in [1.165, 1.54) is 5.56 Å². The molecule has 1 aromatic carbocycles. The second-order valence-corrected chi connectivity index (χ2v) is 8.20. The van der Waals surface area contributed by atoms with E-state index in [2.05, 4.69) is 50.1 Å². The lowest BCUT2D eigenvalue weighted by Crippen LogP contribution is -2.39. The number of nitrogens with zero attached hydrogens (tertiary/aromatic N) is 4. The number of carbonyl (C=O) groups is 1. The molecule has 0 unspecified atom stereocenters. The van der Waals surface area contributed by atoms with Crippen LogP contribution in [0.1, 0.15) is 30.1 Å². The topological polar surface area (TPSA) is 62.5 Å². The van der Waals surface area contributed by atoms with Gasteiger partial charge in [-0.25, -0.2) is 0 Å². The molecular weight excluding hydrogens is 370 g/mol. The maximum Gasteiger partial charge on any atom is 0.238 e. The lowest BCUT2D eigenvalue weighted by Gasteiger charge is -2.30. The third kappa shape index (κ3) is 4.20. The van der Waals surface area contributed by atoms with Crippen LogP contribution in [0.25, 0.3) is 5.65 Å². The summed E-state index contributed by atoms with van der Waals surface area (Å²) in [6.07, 6.45) is 6.07. The number of likely N-dealkylation sites (tertiary alicyclic amines) is 1. The van der Waals surface area contributed by atoms with E-state index in [-0.39, 0.29) is 5.91 Å². The maximum atomic E-state index is 12.4. The van der Waals surface area contributed by atoms with Crippen LogP contribution in [-0.2, 0) is 4.79 Å². The molecule has 0 spiro atoms. The fraction of sp³-hybridized carbons (Fsp3) is 0.381. The summed E-state index contributed by atoms with van der Waals surface area (Å²) in [6.45, 7) is 4.28. The van der Waals surface area contributed by atoms with Crippen molar-refractivity contribution in [3.63, 3.8) is 0 Å². The smallest absolute Gasteiger partial charge is 0.238 e. The van der Waals surface area contributed by atoms with E-state index >= 15 is 0 Å². The molecule has 28 heavy (non-hydrogen) atoms. The number of pyridine rings is 1. The molecule has 6 nitrogen and oxygen atoms in total. The zero-order chi connectivity index (χ0) is 19.5. The zero-order valence-corrected chi connectivity index (χ0v) is 17.1. The molecule has 4 rings (SSSR count). The van der Waals surface area contributed by atoms with Gasteiger partial charge >= 0.3 is 0 Å². The van der Waals surface area contributed by atoms with Crippen molar-refractivity contribution in [1.29, 1.82) is 0 Å². The van der Waals surface area contributed by atoms with Gasteiger partial charge in [0.15, 0.2) is 5.65 Å². The van der Waals surface area contributed by atoms with Crippen LogP contribution in [-0.4, -0.2) is 51.3 Å². The number of benzene rings is 1. The Morgan fingerprint density at radius 2 is 2.04 bits per heavy atom. The van der Waals surface area contributed by atoms with Crippen LogP contribution in [0.15, 0.2) is 47.5 Å². The highest BCUT2D eigenvalue weighted by molar-refractivity contribution is 7.98. The first kappa shape index (κ1) is 19.0. The second-order valence-electron chi connectivity index (χ2n) is 7.32. The van der Waals surface area contributed by atoms with Crippen LogP contribution in [0, 0.1) is 6.92 Å². The summed E-state index contributed by atoms with van der Waals surface area (Å²) in [4.78, 5) is 15.8. The minimum Gasteiger partial charge on any atom is -0.325 e. The van der Waals surface area contributed by atoms with Crippen LogP contribution < -0.4 is 5.32 Å². The molecule has 0 radical (unpaired) electrons. The van der Waals surface area contributed by atoms with Crippen molar-refractivity contribution >= 4 is 29.0 Å². The number of rotatable bonds is 5. The first-order valence-electron chi connectivity index (χ1n) is 9.60. The molecular formula is C21H25N5OS. The van der Waals surface area contributed by atoms with Crippen molar-refractivity contribution in [2.24, 2.45) is 0 Å². The molecule has 1 N–H and O–H groups in total. The van der Waals surface area contributed by atoms with Crippen LogP contribution in [0.5, 0.6) is 0 Å². The number of amides is 1. The molecule has 0 bridgehead atoms. The van der Waals surface area contributed by atoms with Crippen molar-refractivity contribution < 1.29 is 4.79 Å². The summed E-state index contributed by atoms with van der Waals surface area (Å²) >= 11 is 1.67. The van der Waals surface area contributed by atoms with Gasteiger partial charge in [-0.2, -0.15) is 0 Å². The number of hydrogen-bond acceptors (Lipinski definition) is 5. The average molecular weight is 396 g/mol. The average Bonchev–Trinajstić information content (AvgIpc) is 3.11. The highest BCUT2D eigenvalue weighted by atomic mass is 32.2. The first-order valence-corrected chi connectivity index (χ1v) is 10.8. The number of nitrogens with one attached hydrogen (secondary N) is 1. The van der Waals surface area contributed by atoms with Gasteiger partial charge in [0, 0.05) is 22.7 Å². The Morgan fingerprint density at radius 3 is 2.82 bits per heavy atom. The minimum atomic E-state index is 0.0418. The van der Waals surface area contributed by atoms with Crippen LogP contribution in [0.2, 0.25) is 0 Å². The highest BCUT2D eigenvalue weighted by Crippen LogP contribution is 2.27. The van der Waals surface area contributed by atoms with E-state index in [1.807, 2.05) is 30.5 Å². The van der Waals surface area contributed by atoms with Gasteiger partial charge in [-0.3, -0.25) is 14.1 Å². The predicted molar refractivity (Wildman–Crippen MR) is 113 cm³/mol. The number of hydrogen-bond donors (Lipinski definition) is 1. The summed E-state index contributed by atoms with van der Waals surface area (Å²) in [5.41, 5.74) is 2.96. The Hall–Kier alpha value is -2.38. The molecule has 146 valence electrons. The Bertz CT molecular complexity index is 978. The standard InChI is InChI=1S/C21H25N5OS/c1-15-6-11-26-19(12-15)23-24-21(26)16-7-9-25(10-8-16)14-20(27)22-17-4-3-5-18(13-17)28-2/h3-6,11-13,16H,7-10,14H2,1-2H3,(H,22,27). The van der Waals surface area contributed by atoms with E-state index in [9.17, 15) is 4.79 Å². The van der Waals surface area contributed by atoms with Gasteiger partial charge < -0.3 is 5.32 Å². The van der Waals surface area contributed by atoms with Crippen LogP contribution in [0.3, 0.4) is 0 Å². The van der Waals surface area contributed by atoms with Crippen LogP contribution in [0.4, 0.5) is 5.69 Å². The molecule has 1 aliphatic rings. The molecule has 0 atom stereocenters. The summed E-state index contributed by atoms with van der Waals surface area (Å²) in [6, 6.07) is 12.1. The molecule has 1 fully saturated rings. The summed E-state index contributed by atoms with van der Waals surface area (Å²) in [5.74, 6) is 1.46. The van der Waals surface area contributed by atoms with Crippen molar-refractivity contribution in [3.05, 3.63) is 54.0 Å². The molecule has 1 aliphatic heterocycles. The summed E-state index contributed by atoms with van der Waals surface area (Å²) in [7, 11) is 0. The monoisotopic (exact) mass is 395 g/mol. The van der Waals surface area contributed by atoms with Gasteiger partial charge in [0.05, 0.1) is 6.54 Å². The Balaban J connectivity index is 1.33. The number of fused-ring (bicyclic) bond motifs is 1. The normalized spacial score (nSPS) is 15.8. The van der Waals surface area contributed by atoms with E-state index in [0.717, 1.165) is 48.0 Å². The van der Waals surface area contributed by atoms with E-state index < -0.39 is 0 Å². The molecule has 7 heteroatoms. The lowest BCUT2D eigenvalue weighted by atomic mass is 9.96. The largest absolute Gasteiger partial charge is 0.325 e. The van der Waals surface area contributed by atoms with Gasteiger partial charge in [-0.05, 0) is 75.0 Å². The number of carbonyl (C=O) groups excluding carboxylic acids is 1.